The summed E-state index contributed by atoms with van der Waals surface area (Å²) in [6, 6.07) is 5.60. The Hall–Kier alpha value is -1.27. The number of hydrogen-bond donors (Lipinski definition) is 0. The third-order valence-electron chi connectivity index (χ3n) is 2.45. The fourth-order valence-electron chi connectivity index (χ4n) is 1.45. The highest BCUT2D eigenvalue weighted by Crippen LogP contribution is 2.20. The van der Waals surface area contributed by atoms with Crippen molar-refractivity contribution in [1.82, 2.24) is 4.90 Å². The van der Waals surface area contributed by atoms with Crippen LogP contribution in [0.3, 0.4) is 0 Å². The van der Waals surface area contributed by atoms with Gasteiger partial charge in [0.05, 0.1) is 6.54 Å². The first-order valence-corrected chi connectivity index (χ1v) is 5.89. The van der Waals surface area contributed by atoms with Gasteiger partial charge in [0.15, 0.2) is 0 Å². The summed E-state index contributed by atoms with van der Waals surface area (Å²) in [6.45, 7) is 4.81. The van der Waals surface area contributed by atoms with E-state index >= 15 is 0 Å². The lowest BCUT2D eigenvalue weighted by atomic mass is 10.1. The minimum absolute atomic E-state index is 0.0146. The SMILES string of the molecule is C#CCN(CC)C(=O)c1cccc(Br)c1C. The molecule has 0 spiro atoms. The lowest BCUT2D eigenvalue weighted by Crippen LogP contribution is -2.31. The second kappa shape index (κ2) is 5.72. The van der Waals surface area contributed by atoms with Crippen LogP contribution in [-0.2, 0) is 0 Å². The highest BCUT2D eigenvalue weighted by Gasteiger charge is 2.15. The van der Waals surface area contributed by atoms with Gasteiger partial charge in [0.25, 0.3) is 5.91 Å². The molecule has 0 radical (unpaired) electrons. The van der Waals surface area contributed by atoms with Crippen molar-refractivity contribution in [3.8, 4) is 12.3 Å². The molecular weight excluding hydrogens is 266 g/mol. The zero-order valence-corrected chi connectivity index (χ0v) is 11.0. The Morgan fingerprint density at radius 3 is 2.81 bits per heavy atom. The van der Waals surface area contributed by atoms with Crippen LogP contribution in [0.4, 0.5) is 0 Å². The molecule has 1 aromatic rings. The van der Waals surface area contributed by atoms with Gasteiger partial charge in [-0.15, -0.1) is 6.42 Å². The predicted molar refractivity (Wildman–Crippen MR) is 69.3 cm³/mol. The number of terminal acetylenes is 1. The fourth-order valence-corrected chi connectivity index (χ4v) is 1.81. The maximum Gasteiger partial charge on any atom is 0.254 e. The monoisotopic (exact) mass is 279 g/mol. The van der Waals surface area contributed by atoms with E-state index in [1.807, 2.05) is 32.0 Å². The molecule has 0 bridgehead atoms. The molecule has 84 valence electrons. The largest absolute Gasteiger partial charge is 0.328 e. The maximum atomic E-state index is 12.1. The van der Waals surface area contributed by atoms with E-state index in [1.54, 1.807) is 4.90 Å². The Bertz CT molecular complexity index is 434. The fraction of sp³-hybridized carbons (Fsp3) is 0.308. The first-order valence-electron chi connectivity index (χ1n) is 5.09. The van der Waals surface area contributed by atoms with Gasteiger partial charge in [-0.1, -0.05) is 27.9 Å². The number of benzene rings is 1. The van der Waals surface area contributed by atoms with Crippen molar-refractivity contribution in [2.24, 2.45) is 0 Å². The molecule has 0 fully saturated rings. The van der Waals surface area contributed by atoms with Crippen LogP contribution in [-0.4, -0.2) is 23.9 Å². The molecule has 0 N–H and O–H groups in total. The number of carbonyl (C=O) groups excluding carboxylic acids is 1. The van der Waals surface area contributed by atoms with Crippen molar-refractivity contribution in [2.75, 3.05) is 13.1 Å². The van der Waals surface area contributed by atoms with Gasteiger partial charge in [-0.25, -0.2) is 0 Å². The molecule has 0 saturated heterocycles. The van der Waals surface area contributed by atoms with E-state index in [0.717, 1.165) is 10.0 Å². The molecule has 0 aliphatic carbocycles. The van der Waals surface area contributed by atoms with Gasteiger partial charge in [0, 0.05) is 16.6 Å². The van der Waals surface area contributed by atoms with E-state index in [-0.39, 0.29) is 5.91 Å². The molecule has 0 atom stereocenters. The van der Waals surface area contributed by atoms with Crippen molar-refractivity contribution >= 4 is 21.8 Å². The number of nitrogens with zero attached hydrogens (tertiary/aromatic N) is 1. The molecule has 0 unspecified atom stereocenters. The molecule has 1 rings (SSSR count). The number of amides is 1. The van der Waals surface area contributed by atoms with E-state index in [2.05, 4.69) is 21.9 Å². The summed E-state index contributed by atoms with van der Waals surface area (Å²) in [5, 5.41) is 0. The van der Waals surface area contributed by atoms with Gasteiger partial charge >= 0.3 is 0 Å². The standard InChI is InChI=1S/C13H14BrNO/c1-4-9-15(5-2)13(16)11-7-6-8-12(14)10(11)3/h1,6-8H,5,9H2,2-3H3. The van der Waals surface area contributed by atoms with Crippen LogP contribution in [0.2, 0.25) is 0 Å². The molecule has 16 heavy (non-hydrogen) atoms. The first kappa shape index (κ1) is 12.8. The molecule has 0 saturated carbocycles. The average Bonchev–Trinajstić information content (AvgIpc) is 2.29. The number of halogens is 1. The van der Waals surface area contributed by atoms with E-state index in [9.17, 15) is 4.79 Å². The minimum Gasteiger partial charge on any atom is -0.328 e. The number of hydrogen-bond acceptors (Lipinski definition) is 1. The second-order valence-electron chi connectivity index (χ2n) is 3.44. The molecule has 1 amide bonds. The summed E-state index contributed by atoms with van der Waals surface area (Å²) in [7, 11) is 0. The zero-order valence-electron chi connectivity index (χ0n) is 9.46. The van der Waals surface area contributed by atoms with Crippen LogP contribution in [0.25, 0.3) is 0 Å². The molecule has 0 heterocycles. The van der Waals surface area contributed by atoms with Gasteiger partial charge < -0.3 is 4.90 Å². The lowest BCUT2D eigenvalue weighted by molar-refractivity contribution is 0.0784. The molecule has 2 nitrogen and oxygen atoms in total. The quantitative estimate of drug-likeness (QED) is 0.780. The summed E-state index contributed by atoms with van der Waals surface area (Å²) >= 11 is 3.41. The average molecular weight is 280 g/mol. The van der Waals surface area contributed by atoms with Crippen LogP contribution in [0, 0.1) is 19.3 Å². The Balaban J connectivity index is 3.05. The zero-order chi connectivity index (χ0) is 12.1. The highest BCUT2D eigenvalue weighted by molar-refractivity contribution is 9.10. The molecule has 0 aliphatic rings. The third kappa shape index (κ3) is 2.65. The number of carbonyl (C=O) groups is 1. The molecule has 3 heteroatoms. The first-order chi connectivity index (χ1) is 7.61. The Kier molecular flexibility index (Phi) is 4.57. The Morgan fingerprint density at radius 2 is 2.25 bits per heavy atom. The topological polar surface area (TPSA) is 20.3 Å². The summed E-state index contributed by atoms with van der Waals surface area (Å²) in [4.78, 5) is 13.8. The molecule has 1 aromatic carbocycles. The number of rotatable bonds is 3. The van der Waals surface area contributed by atoms with Gasteiger partial charge in [-0.3, -0.25) is 4.79 Å². The lowest BCUT2D eigenvalue weighted by Gasteiger charge is -2.19. The van der Waals surface area contributed by atoms with Crippen LogP contribution in [0.1, 0.15) is 22.8 Å². The molecule has 0 aliphatic heterocycles. The van der Waals surface area contributed by atoms with E-state index in [4.69, 9.17) is 6.42 Å². The van der Waals surface area contributed by atoms with Crippen molar-refractivity contribution in [1.29, 1.82) is 0 Å². The third-order valence-corrected chi connectivity index (χ3v) is 3.31. The Morgan fingerprint density at radius 1 is 1.56 bits per heavy atom. The van der Waals surface area contributed by atoms with Crippen molar-refractivity contribution in [3.05, 3.63) is 33.8 Å². The van der Waals surface area contributed by atoms with Crippen molar-refractivity contribution in [3.63, 3.8) is 0 Å². The highest BCUT2D eigenvalue weighted by atomic mass is 79.9. The molecular formula is C13H14BrNO. The predicted octanol–water partition coefficient (Wildman–Crippen LogP) is 2.85. The van der Waals surface area contributed by atoms with E-state index in [1.165, 1.54) is 0 Å². The van der Waals surface area contributed by atoms with Crippen LogP contribution in [0.15, 0.2) is 22.7 Å². The smallest absolute Gasteiger partial charge is 0.254 e. The van der Waals surface area contributed by atoms with Gasteiger partial charge in [-0.2, -0.15) is 0 Å². The van der Waals surface area contributed by atoms with Gasteiger partial charge in [-0.05, 0) is 31.5 Å². The normalized spacial score (nSPS) is 9.62. The van der Waals surface area contributed by atoms with E-state index in [0.29, 0.717) is 18.7 Å². The van der Waals surface area contributed by atoms with Crippen molar-refractivity contribution < 1.29 is 4.79 Å². The Labute approximate surface area is 105 Å². The van der Waals surface area contributed by atoms with Crippen LogP contribution in [0.5, 0.6) is 0 Å². The van der Waals surface area contributed by atoms with Gasteiger partial charge in [0.1, 0.15) is 0 Å². The second-order valence-corrected chi connectivity index (χ2v) is 4.29. The van der Waals surface area contributed by atoms with E-state index < -0.39 is 0 Å². The molecule has 0 aromatic heterocycles. The minimum atomic E-state index is -0.0146. The van der Waals surface area contributed by atoms with Crippen LogP contribution < -0.4 is 0 Å². The summed E-state index contributed by atoms with van der Waals surface area (Å²) in [5.74, 6) is 2.48. The van der Waals surface area contributed by atoms with Crippen molar-refractivity contribution in [2.45, 2.75) is 13.8 Å². The summed E-state index contributed by atoms with van der Waals surface area (Å²) < 4.78 is 0.940. The summed E-state index contributed by atoms with van der Waals surface area (Å²) in [6.07, 6.45) is 5.24. The van der Waals surface area contributed by atoms with Gasteiger partial charge in [0.2, 0.25) is 0 Å². The summed E-state index contributed by atoms with van der Waals surface area (Å²) in [5.41, 5.74) is 1.65. The van der Waals surface area contributed by atoms with Crippen LogP contribution >= 0.6 is 15.9 Å². The maximum absolute atomic E-state index is 12.1.